The van der Waals surface area contributed by atoms with Crippen LogP contribution in [0.2, 0.25) is 0 Å². The van der Waals surface area contributed by atoms with E-state index < -0.39 is 5.60 Å². The maximum Gasteiger partial charge on any atom is 0.410 e. The van der Waals surface area contributed by atoms with E-state index in [1.165, 1.54) is 0 Å². The van der Waals surface area contributed by atoms with Gasteiger partial charge in [0.2, 0.25) is 5.91 Å². The minimum Gasteiger partial charge on any atom is -0.444 e. The lowest BCUT2D eigenvalue weighted by Crippen LogP contribution is -2.49. The van der Waals surface area contributed by atoms with E-state index in [1.54, 1.807) is 6.20 Å². The summed E-state index contributed by atoms with van der Waals surface area (Å²) < 4.78 is 5.57. The van der Waals surface area contributed by atoms with Gasteiger partial charge in [-0.15, -0.1) is 0 Å². The number of carbonyl (C=O) groups excluding carboxylic acids is 2. The van der Waals surface area contributed by atoms with Gasteiger partial charge in [-0.2, -0.15) is 0 Å². The largest absolute Gasteiger partial charge is 0.444 e. The molecule has 1 N–H and O–H groups in total. The number of piperidine rings is 1. The van der Waals surface area contributed by atoms with Gasteiger partial charge in [0.25, 0.3) is 0 Å². The number of nitrogens with zero attached hydrogens (tertiary/aromatic N) is 3. The predicted octanol–water partition coefficient (Wildman–Crippen LogP) is 2.66. The smallest absolute Gasteiger partial charge is 0.410 e. The van der Waals surface area contributed by atoms with E-state index in [4.69, 9.17) is 4.74 Å². The van der Waals surface area contributed by atoms with Crippen molar-refractivity contribution < 1.29 is 14.3 Å². The molecular weight excluding hydrogens is 344 g/mol. The van der Waals surface area contributed by atoms with Crippen LogP contribution >= 0.6 is 0 Å². The molecule has 0 aliphatic carbocycles. The van der Waals surface area contributed by atoms with Gasteiger partial charge in [0.1, 0.15) is 11.4 Å². The fraction of sp³-hybridized carbons (Fsp3) is 0.650. The Morgan fingerprint density at radius 3 is 2.74 bits per heavy atom. The highest BCUT2D eigenvalue weighted by Gasteiger charge is 2.39. The van der Waals surface area contributed by atoms with E-state index >= 15 is 0 Å². The molecule has 7 nitrogen and oxygen atoms in total. The summed E-state index contributed by atoms with van der Waals surface area (Å²) in [6, 6.07) is 3.85. The van der Waals surface area contributed by atoms with Gasteiger partial charge in [-0.3, -0.25) is 9.69 Å². The first-order chi connectivity index (χ1) is 12.7. The minimum absolute atomic E-state index is 0.0711. The molecule has 3 aliphatic rings. The molecule has 3 fully saturated rings. The molecule has 7 heteroatoms. The van der Waals surface area contributed by atoms with Gasteiger partial charge in [-0.05, 0) is 64.2 Å². The highest BCUT2D eigenvalue weighted by molar-refractivity contribution is 5.91. The summed E-state index contributed by atoms with van der Waals surface area (Å²) in [5.74, 6) is 0.882. The van der Waals surface area contributed by atoms with E-state index in [0.29, 0.717) is 31.4 Å². The number of hydrogen-bond donors (Lipinski definition) is 1. The Kier molecular flexibility index (Phi) is 5.69. The van der Waals surface area contributed by atoms with Crippen molar-refractivity contribution in [2.75, 3.05) is 31.5 Å². The number of aromatic nitrogens is 1. The number of nitrogens with one attached hydrogen (secondary N) is 1. The summed E-state index contributed by atoms with van der Waals surface area (Å²) in [5.41, 5.74) is 0.560. The first kappa shape index (κ1) is 19.6. The molecule has 27 heavy (non-hydrogen) atoms. The molecule has 4 heterocycles. The molecule has 148 valence electrons. The van der Waals surface area contributed by atoms with Gasteiger partial charge >= 0.3 is 6.09 Å². The van der Waals surface area contributed by atoms with Crippen LogP contribution in [-0.4, -0.2) is 64.6 Å². The van der Waals surface area contributed by atoms with Crippen LogP contribution in [0, 0.1) is 12.8 Å². The highest BCUT2D eigenvalue weighted by atomic mass is 16.6. The Hall–Kier alpha value is -2.15. The summed E-state index contributed by atoms with van der Waals surface area (Å²) in [6.07, 6.45) is 3.49. The zero-order valence-electron chi connectivity index (χ0n) is 16.7. The molecule has 0 spiro atoms. The molecule has 3 aliphatic heterocycles. The van der Waals surface area contributed by atoms with E-state index in [-0.39, 0.29) is 18.0 Å². The molecule has 4 rings (SSSR count). The van der Waals surface area contributed by atoms with E-state index in [1.807, 2.05) is 44.7 Å². The molecule has 0 aromatic carbocycles. The number of hydrogen-bond acceptors (Lipinski definition) is 5. The molecule has 0 radical (unpaired) electrons. The third-order valence-electron chi connectivity index (χ3n) is 4.97. The minimum atomic E-state index is -0.497. The zero-order chi connectivity index (χ0) is 19.6. The Morgan fingerprint density at radius 1 is 1.26 bits per heavy atom. The molecule has 2 atom stereocenters. The van der Waals surface area contributed by atoms with Crippen molar-refractivity contribution in [3.8, 4) is 0 Å². The van der Waals surface area contributed by atoms with Crippen molar-refractivity contribution >= 4 is 17.8 Å². The summed E-state index contributed by atoms with van der Waals surface area (Å²) in [5, 5.41) is 2.87. The number of pyridine rings is 1. The van der Waals surface area contributed by atoms with Crippen LogP contribution in [0.1, 0.15) is 39.2 Å². The maximum absolute atomic E-state index is 12.6. The standard InChI is InChI=1S/C20H30N4O3/c1-14-7-8-21-17(9-14)22-18(25)13-23-10-15-5-6-16(12-23)24(11-15)19(26)27-20(2,3)4/h7-9,15-16H,5-6,10-13H2,1-4H3,(H,21,22,25). The second-order valence-electron chi connectivity index (χ2n) is 8.69. The molecule has 2 unspecified atom stereocenters. The lowest BCUT2D eigenvalue weighted by atomic mass is 9.95. The third kappa shape index (κ3) is 5.42. The maximum atomic E-state index is 12.6. The Labute approximate surface area is 161 Å². The SMILES string of the molecule is Cc1ccnc(NC(=O)CN2CC3CCC(C2)N(C(=O)OC(C)(C)C)C3)c1. The van der Waals surface area contributed by atoms with Crippen LogP contribution in [0.4, 0.5) is 10.6 Å². The van der Waals surface area contributed by atoms with Gasteiger partial charge in [-0.25, -0.2) is 9.78 Å². The van der Waals surface area contributed by atoms with Crippen LogP contribution < -0.4 is 5.32 Å². The quantitative estimate of drug-likeness (QED) is 0.880. The van der Waals surface area contributed by atoms with E-state index in [0.717, 1.165) is 24.9 Å². The molecule has 1 aromatic rings. The first-order valence-electron chi connectivity index (χ1n) is 9.64. The molecular formula is C20H30N4O3. The number of amides is 2. The number of anilines is 1. The van der Waals surface area contributed by atoms with Crippen molar-refractivity contribution in [1.82, 2.24) is 14.8 Å². The molecule has 3 saturated heterocycles. The Balaban J connectivity index is 1.59. The van der Waals surface area contributed by atoms with Crippen LogP contribution in [-0.2, 0) is 9.53 Å². The van der Waals surface area contributed by atoms with E-state index in [9.17, 15) is 9.59 Å². The van der Waals surface area contributed by atoms with Crippen LogP contribution in [0.5, 0.6) is 0 Å². The number of fused-ring (bicyclic) bond motifs is 4. The summed E-state index contributed by atoms with van der Waals surface area (Å²) >= 11 is 0. The van der Waals surface area contributed by atoms with Crippen LogP contribution in [0.25, 0.3) is 0 Å². The van der Waals surface area contributed by atoms with Gasteiger partial charge in [0, 0.05) is 31.9 Å². The summed E-state index contributed by atoms with van der Waals surface area (Å²) in [6.45, 7) is 10.2. The topological polar surface area (TPSA) is 74.8 Å². The fourth-order valence-electron chi connectivity index (χ4n) is 3.84. The number of aryl methyl sites for hydroxylation is 1. The zero-order valence-corrected chi connectivity index (χ0v) is 16.7. The van der Waals surface area contributed by atoms with E-state index in [2.05, 4.69) is 15.2 Å². The number of carbonyl (C=O) groups is 2. The lowest BCUT2D eigenvalue weighted by molar-refractivity contribution is -0.117. The van der Waals surface area contributed by atoms with Gasteiger partial charge in [0.15, 0.2) is 0 Å². The van der Waals surface area contributed by atoms with Crippen molar-refractivity contribution in [3.05, 3.63) is 23.9 Å². The monoisotopic (exact) mass is 374 g/mol. The van der Waals surface area contributed by atoms with Crippen LogP contribution in [0.15, 0.2) is 18.3 Å². The first-order valence-corrected chi connectivity index (χ1v) is 9.64. The van der Waals surface area contributed by atoms with Gasteiger partial charge in [0.05, 0.1) is 6.54 Å². The van der Waals surface area contributed by atoms with Crippen LogP contribution in [0.3, 0.4) is 0 Å². The predicted molar refractivity (Wildman–Crippen MR) is 103 cm³/mol. The van der Waals surface area contributed by atoms with Gasteiger partial charge in [-0.1, -0.05) is 0 Å². The van der Waals surface area contributed by atoms with Crippen molar-refractivity contribution in [2.24, 2.45) is 5.92 Å². The number of rotatable bonds is 3. The molecule has 1 aromatic heterocycles. The molecule has 0 saturated carbocycles. The summed E-state index contributed by atoms with van der Waals surface area (Å²) in [4.78, 5) is 33.2. The normalized spacial score (nSPS) is 23.0. The van der Waals surface area contributed by atoms with Crippen molar-refractivity contribution in [2.45, 2.75) is 52.2 Å². The average molecular weight is 374 g/mol. The number of ether oxygens (including phenoxy) is 1. The van der Waals surface area contributed by atoms with Gasteiger partial charge < -0.3 is 15.0 Å². The Morgan fingerprint density at radius 2 is 2.04 bits per heavy atom. The highest BCUT2D eigenvalue weighted by Crippen LogP contribution is 2.29. The second-order valence-corrected chi connectivity index (χ2v) is 8.69. The van der Waals surface area contributed by atoms with Crippen molar-refractivity contribution in [3.63, 3.8) is 0 Å². The fourth-order valence-corrected chi connectivity index (χ4v) is 3.84. The Bertz CT molecular complexity index is 701. The molecule has 2 amide bonds. The third-order valence-corrected chi connectivity index (χ3v) is 4.97. The molecule has 2 bridgehead atoms. The van der Waals surface area contributed by atoms with Crippen molar-refractivity contribution in [1.29, 1.82) is 0 Å². The summed E-state index contributed by atoms with van der Waals surface area (Å²) in [7, 11) is 0. The lowest BCUT2D eigenvalue weighted by Gasteiger charge is -2.37. The average Bonchev–Trinajstić information content (AvgIpc) is 2.83. The second kappa shape index (κ2) is 7.84.